The van der Waals surface area contributed by atoms with Gasteiger partial charge in [-0.1, -0.05) is 34.4 Å². The molecule has 5 nitrogen and oxygen atoms in total. The first-order valence-electron chi connectivity index (χ1n) is 7.19. The van der Waals surface area contributed by atoms with Gasteiger partial charge >= 0.3 is 0 Å². The molecule has 0 spiro atoms. The molecule has 0 aliphatic rings. The normalized spacial score (nSPS) is 11.6. The van der Waals surface area contributed by atoms with Gasteiger partial charge in [-0.15, -0.1) is 0 Å². The number of benzene rings is 2. The van der Waals surface area contributed by atoms with Crippen molar-refractivity contribution in [2.45, 2.75) is 0 Å². The summed E-state index contributed by atoms with van der Waals surface area (Å²) in [5.74, 6) is 1.69. The zero-order chi connectivity index (χ0) is 18.4. The van der Waals surface area contributed by atoms with E-state index in [4.69, 9.17) is 37.4 Å². The van der Waals surface area contributed by atoms with Crippen LogP contribution in [-0.4, -0.2) is 32.2 Å². The van der Waals surface area contributed by atoms with E-state index in [0.717, 1.165) is 5.56 Å². The van der Waals surface area contributed by atoms with Gasteiger partial charge in [0.15, 0.2) is 11.5 Å². The van der Waals surface area contributed by atoms with Crippen molar-refractivity contribution < 1.29 is 19.4 Å². The van der Waals surface area contributed by atoms with Gasteiger partial charge in [-0.2, -0.15) is 0 Å². The van der Waals surface area contributed by atoms with E-state index in [-0.39, 0.29) is 0 Å². The number of halogens is 2. The first kappa shape index (κ1) is 19.0. The lowest BCUT2D eigenvalue weighted by Crippen LogP contribution is -1.98. The summed E-state index contributed by atoms with van der Waals surface area (Å²) in [7, 11) is 4.65. The summed E-state index contributed by atoms with van der Waals surface area (Å²) in [4.78, 5) is 0. The van der Waals surface area contributed by atoms with Crippen LogP contribution in [0.2, 0.25) is 10.0 Å². The second kappa shape index (κ2) is 8.65. The van der Waals surface area contributed by atoms with Crippen LogP contribution in [0.4, 0.5) is 0 Å². The van der Waals surface area contributed by atoms with Crippen molar-refractivity contribution >= 4 is 35.0 Å². The van der Waals surface area contributed by atoms with Gasteiger partial charge < -0.3 is 19.4 Å². The van der Waals surface area contributed by atoms with E-state index in [1.807, 2.05) is 0 Å². The Kier molecular flexibility index (Phi) is 6.56. The van der Waals surface area contributed by atoms with Crippen LogP contribution in [0.3, 0.4) is 0 Å². The number of oxime groups is 1. The molecule has 0 fully saturated rings. The lowest BCUT2D eigenvalue weighted by atomic mass is 10.1. The summed E-state index contributed by atoms with van der Waals surface area (Å²) in [5, 5.41) is 13.4. The van der Waals surface area contributed by atoms with Crippen LogP contribution in [0.1, 0.15) is 11.1 Å². The van der Waals surface area contributed by atoms with Crippen molar-refractivity contribution in [1.82, 2.24) is 0 Å². The first-order chi connectivity index (χ1) is 12.0. The maximum atomic E-state index is 9.31. The predicted molar refractivity (Wildman–Crippen MR) is 99.9 cm³/mol. The van der Waals surface area contributed by atoms with Gasteiger partial charge in [-0.25, -0.2) is 0 Å². The number of methoxy groups -OCH3 is 3. The Bertz CT molecular complexity index is 819. The number of hydrogen-bond acceptors (Lipinski definition) is 5. The van der Waals surface area contributed by atoms with Gasteiger partial charge in [0, 0.05) is 17.2 Å². The highest BCUT2D eigenvalue weighted by Gasteiger charge is 2.11. The average molecular weight is 382 g/mol. The lowest BCUT2D eigenvalue weighted by molar-refractivity contribution is 0.320. The Hall–Kier alpha value is -2.37. The third-order valence-electron chi connectivity index (χ3n) is 3.48. The van der Waals surface area contributed by atoms with Gasteiger partial charge in [0.2, 0.25) is 0 Å². The highest BCUT2D eigenvalue weighted by atomic mass is 35.5. The van der Waals surface area contributed by atoms with Crippen molar-refractivity contribution in [3.8, 4) is 17.2 Å². The fourth-order valence-corrected chi connectivity index (χ4v) is 2.49. The van der Waals surface area contributed by atoms with Crippen LogP contribution >= 0.6 is 23.2 Å². The molecule has 7 heteroatoms. The molecule has 25 heavy (non-hydrogen) atoms. The second-order valence-electron chi connectivity index (χ2n) is 4.90. The molecule has 0 saturated heterocycles. The highest BCUT2D eigenvalue weighted by molar-refractivity contribution is 6.42. The fraction of sp³-hybridized carbons (Fsp3) is 0.167. The molecule has 1 N–H and O–H groups in total. The third-order valence-corrected chi connectivity index (χ3v) is 4.22. The van der Waals surface area contributed by atoms with E-state index in [1.165, 1.54) is 0 Å². The van der Waals surface area contributed by atoms with Gasteiger partial charge in [0.05, 0.1) is 31.4 Å². The minimum Gasteiger partial charge on any atom is -0.496 e. The van der Waals surface area contributed by atoms with Crippen molar-refractivity contribution in [3.63, 3.8) is 0 Å². The second-order valence-corrected chi connectivity index (χ2v) is 5.71. The molecule has 0 aliphatic carbocycles. The summed E-state index contributed by atoms with van der Waals surface area (Å²) in [6, 6.07) is 8.44. The van der Waals surface area contributed by atoms with E-state index >= 15 is 0 Å². The molecule has 0 heterocycles. The van der Waals surface area contributed by atoms with Crippen LogP contribution in [0.5, 0.6) is 17.2 Å². The number of ether oxygens (including phenoxy) is 3. The molecule has 0 radical (unpaired) electrons. The smallest absolute Gasteiger partial charge is 0.164 e. The monoisotopic (exact) mass is 381 g/mol. The van der Waals surface area contributed by atoms with Gasteiger partial charge in [0.25, 0.3) is 0 Å². The molecule has 132 valence electrons. The Morgan fingerprint density at radius 3 is 2.12 bits per heavy atom. The van der Waals surface area contributed by atoms with E-state index < -0.39 is 0 Å². The van der Waals surface area contributed by atoms with Crippen molar-refractivity contribution in [2.24, 2.45) is 5.16 Å². The first-order valence-corrected chi connectivity index (χ1v) is 7.95. The summed E-state index contributed by atoms with van der Waals surface area (Å²) < 4.78 is 15.9. The Morgan fingerprint density at radius 1 is 0.920 bits per heavy atom. The summed E-state index contributed by atoms with van der Waals surface area (Å²) in [6.07, 6.45) is 3.36. The lowest BCUT2D eigenvalue weighted by Gasteiger charge is -2.12. The molecular formula is C18H17Cl2NO4. The zero-order valence-corrected chi connectivity index (χ0v) is 15.4. The topological polar surface area (TPSA) is 60.3 Å². The van der Waals surface area contributed by atoms with Crippen LogP contribution in [0, 0.1) is 0 Å². The Morgan fingerprint density at radius 2 is 1.56 bits per heavy atom. The van der Waals surface area contributed by atoms with Crippen LogP contribution in [-0.2, 0) is 0 Å². The minimum absolute atomic E-state index is 0.315. The maximum absolute atomic E-state index is 9.31. The molecular weight excluding hydrogens is 365 g/mol. The molecule has 2 rings (SSSR count). The van der Waals surface area contributed by atoms with E-state index in [0.29, 0.717) is 38.6 Å². The SMILES string of the molecule is COc1cc(OC)c(OC)cc1/C=C/C(=N\O)c1ccc(Cl)c(Cl)c1. The van der Waals surface area contributed by atoms with Crippen LogP contribution < -0.4 is 14.2 Å². The largest absolute Gasteiger partial charge is 0.496 e. The maximum Gasteiger partial charge on any atom is 0.164 e. The molecule has 2 aromatic carbocycles. The van der Waals surface area contributed by atoms with Crippen molar-refractivity contribution in [2.75, 3.05) is 21.3 Å². The molecule has 0 atom stereocenters. The molecule has 0 bridgehead atoms. The predicted octanol–water partition coefficient (Wildman–Crippen LogP) is 4.91. The molecule has 0 unspecified atom stereocenters. The van der Waals surface area contributed by atoms with E-state index in [9.17, 15) is 5.21 Å². The van der Waals surface area contributed by atoms with Gasteiger partial charge in [-0.3, -0.25) is 0 Å². The van der Waals surface area contributed by atoms with Gasteiger partial charge in [-0.05, 0) is 30.4 Å². The number of nitrogens with zero attached hydrogens (tertiary/aromatic N) is 1. The standard InChI is InChI=1S/C18H17Cl2NO4/c1-23-16-10-18(25-3)17(24-2)9-12(16)5-7-15(21-22)11-4-6-13(19)14(20)8-11/h4-10,22H,1-3H3/b7-5+,21-15+. The summed E-state index contributed by atoms with van der Waals surface area (Å²) >= 11 is 11.9. The van der Waals surface area contributed by atoms with E-state index in [1.54, 1.807) is 63.8 Å². The Balaban J connectivity index is 2.40. The number of hydrogen-bond donors (Lipinski definition) is 1. The van der Waals surface area contributed by atoms with Crippen molar-refractivity contribution in [3.05, 3.63) is 57.6 Å². The molecule has 0 aromatic heterocycles. The zero-order valence-electron chi connectivity index (χ0n) is 13.9. The summed E-state index contributed by atoms with van der Waals surface area (Å²) in [5.41, 5.74) is 1.66. The molecule has 0 saturated carbocycles. The molecule has 0 amide bonds. The van der Waals surface area contributed by atoms with Crippen LogP contribution in [0.15, 0.2) is 41.6 Å². The quantitative estimate of drug-likeness (QED) is 0.438. The van der Waals surface area contributed by atoms with Crippen molar-refractivity contribution in [1.29, 1.82) is 0 Å². The minimum atomic E-state index is 0.315. The van der Waals surface area contributed by atoms with Gasteiger partial charge in [0.1, 0.15) is 11.5 Å². The Labute approximate surface area is 156 Å². The molecule has 2 aromatic rings. The number of allylic oxidation sites excluding steroid dienone is 1. The number of rotatable bonds is 6. The van der Waals surface area contributed by atoms with E-state index in [2.05, 4.69) is 5.16 Å². The fourth-order valence-electron chi connectivity index (χ4n) is 2.19. The molecule has 0 aliphatic heterocycles. The third kappa shape index (κ3) is 4.38. The average Bonchev–Trinajstić information content (AvgIpc) is 2.64. The van der Waals surface area contributed by atoms with Crippen LogP contribution in [0.25, 0.3) is 6.08 Å². The highest BCUT2D eigenvalue weighted by Crippen LogP contribution is 2.35. The summed E-state index contributed by atoms with van der Waals surface area (Å²) in [6.45, 7) is 0.